The molecule has 0 bridgehead atoms. The van der Waals surface area contributed by atoms with Gasteiger partial charge in [0, 0.05) is 18.7 Å². The Kier molecular flexibility index (Phi) is 9.14. The number of aryl methyl sites for hydroxylation is 2. The lowest BCUT2D eigenvalue weighted by Crippen LogP contribution is -2.35. The number of amides is 1. The molecule has 1 heterocycles. The molecule has 0 saturated carbocycles. The maximum absolute atomic E-state index is 13.2. The summed E-state index contributed by atoms with van der Waals surface area (Å²) in [6.45, 7) is 5.24. The van der Waals surface area contributed by atoms with Crippen molar-refractivity contribution >= 4 is 29.9 Å². The van der Waals surface area contributed by atoms with Crippen LogP contribution in [0.15, 0.2) is 78.4 Å². The van der Waals surface area contributed by atoms with Crippen LogP contribution in [0.5, 0.6) is 5.75 Å². The number of aliphatic hydroxyl groups is 1. The number of carbonyl (C=O) groups excluding carboxylic acids is 2. The molecule has 3 aromatic carbocycles. The number of hydrogen-bond acceptors (Lipinski definition) is 5. The average Bonchev–Trinajstić information content (AvgIpc) is 3.12. The largest absolute Gasteiger partial charge is 0.507 e. The van der Waals surface area contributed by atoms with E-state index in [9.17, 15) is 14.7 Å². The lowest BCUT2D eigenvalue weighted by molar-refractivity contribution is -0.140. The number of halogens is 1. The van der Waals surface area contributed by atoms with Crippen LogP contribution in [0.4, 0.5) is 0 Å². The SMILES string of the molecule is Cc1ccc(C2C(=C(O)c3ccc(OCc4ccccc4)cc3C)C(=O)C(=O)N2CCN(C)C)cc1.Cl. The minimum atomic E-state index is -0.666. The lowest BCUT2D eigenvalue weighted by atomic mass is 9.93. The average molecular weight is 521 g/mol. The van der Waals surface area contributed by atoms with Crippen LogP contribution in [-0.2, 0) is 16.2 Å². The summed E-state index contributed by atoms with van der Waals surface area (Å²) in [5, 5.41) is 11.4. The zero-order valence-corrected chi connectivity index (χ0v) is 22.4. The summed E-state index contributed by atoms with van der Waals surface area (Å²) in [6.07, 6.45) is 0. The minimum absolute atomic E-state index is 0. The summed E-state index contributed by atoms with van der Waals surface area (Å²) < 4.78 is 5.91. The molecule has 194 valence electrons. The molecule has 0 aliphatic carbocycles. The molecule has 0 aromatic heterocycles. The number of nitrogens with zero attached hydrogens (tertiary/aromatic N) is 2. The zero-order chi connectivity index (χ0) is 25.8. The van der Waals surface area contributed by atoms with E-state index in [1.165, 1.54) is 0 Å². The van der Waals surface area contributed by atoms with Gasteiger partial charge in [-0.2, -0.15) is 0 Å². The van der Waals surface area contributed by atoms with E-state index < -0.39 is 17.7 Å². The van der Waals surface area contributed by atoms with Gasteiger partial charge in [0.2, 0.25) is 0 Å². The van der Waals surface area contributed by atoms with Crippen LogP contribution >= 0.6 is 12.4 Å². The molecule has 1 atom stereocenters. The van der Waals surface area contributed by atoms with Crippen LogP contribution in [-0.4, -0.2) is 53.8 Å². The Morgan fingerprint density at radius 3 is 2.27 bits per heavy atom. The third-order valence-electron chi connectivity index (χ3n) is 6.42. The maximum Gasteiger partial charge on any atom is 0.295 e. The van der Waals surface area contributed by atoms with Gasteiger partial charge in [-0.05, 0) is 62.8 Å². The molecule has 7 heteroatoms. The van der Waals surface area contributed by atoms with Gasteiger partial charge in [-0.25, -0.2) is 0 Å². The van der Waals surface area contributed by atoms with E-state index >= 15 is 0 Å². The number of likely N-dealkylation sites (N-methyl/N-ethyl adjacent to an activating group) is 1. The number of likely N-dealkylation sites (tertiary alicyclic amines) is 1. The topological polar surface area (TPSA) is 70.1 Å². The van der Waals surface area contributed by atoms with Gasteiger partial charge in [-0.1, -0.05) is 60.2 Å². The fraction of sp³-hybridized carbons (Fsp3) is 0.267. The maximum atomic E-state index is 13.2. The van der Waals surface area contributed by atoms with Gasteiger partial charge in [-0.15, -0.1) is 12.4 Å². The molecule has 1 amide bonds. The van der Waals surface area contributed by atoms with Crippen molar-refractivity contribution in [3.05, 3.63) is 106 Å². The second kappa shape index (κ2) is 12.1. The Morgan fingerprint density at radius 2 is 1.65 bits per heavy atom. The Labute approximate surface area is 224 Å². The molecule has 1 aliphatic heterocycles. The van der Waals surface area contributed by atoms with Crippen LogP contribution < -0.4 is 4.74 Å². The van der Waals surface area contributed by atoms with E-state index in [0.29, 0.717) is 31.0 Å². The minimum Gasteiger partial charge on any atom is -0.507 e. The predicted octanol–water partition coefficient (Wildman–Crippen LogP) is 5.29. The van der Waals surface area contributed by atoms with Crippen molar-refractivity contribution in [1.29, 1.82) is 0 Å². The summed E-state index contributed by atoms with van der Waals surface area (Å²) >= 11 is 0. The first-order valence-corrected chi connectivity index (χ1v) is 12.0. The van der Waals surface area contributed by atoms with Crippen LogP contribution in [0.2, 0.25) is 0 Å². The third kappa shape index (κ3) is 6.21. The number of Topliss-reactive ketones (excluding diaryl/α,β-unsaturated/α-hetero) is 1. The van der Waals surface area contributed by atoms with Crippen LogP contribution in [0, 0.1) is 13.8 Å². The Morgan fingerprint density at radius 1 is 0.973 bits per heavy atom. The molecule has 6 nitrogen and oxygen atoms in total. The molecular formula is C30H33ClN2O4. The van der Waals surface area contributed by atoms with Gasteiger partial charge in [0.15, 0.2) is 0 Å². The van der Waals surface area contributed by atoms with E-state index in [1.807, 2.05) is 93.5 Å². The molecule has 1 saturated heterocycles. The van der Waals surface area contributed by atoms with Gasteiger partial charge in [0.1, 0.15) is 18.1 Å². The van der Waals surface area contributed by atoms with Crippen molar-refractivity contribution in [2.45, 2.75) is 26.5 Å². The van der Waals surface area contributed by atoms with Gasteiger partial charge in [-0.3, -0.25) is 9.59 Å². The van der Waals surface area contributed by atoms with Gasteiger partial charge < -0.3 is 19.6 Å². The molecule has 1 N–H and O–H groups in total. The molecular weight excluding hydrogens is 488 g/mol. The van der Waals surface area contributed by atoms with Crippen LogP contribution in [0.25, 0.3) is 5.76 Å². The first-order valence-electron chi connectivity index (χ1n) is 12.0. The Balaban J connectivity index is 0.00000380. The van der Waals surface area contributed by atoms with Crippen molar-refractivity contribution in [3.8, 4) is 5.75 Å². The quantitative estimate of drug-likeness (QED) is 0.248. The molecule has 4 rings (SSSR count). The van der Waals surface area contributed by atoms with Crippen molar-refractivity contribution in [3.63, 3.8) is 0 Å². The van der Waals surface area contributed by atoms with Crippen molar-refractivity contribution in [2.75, 3.05) is 27.2 Å². The van der Waals surface area contributed by atoms with E-state index in [4.69, 9.17) is 4.74 Å². The van der Waals surface area contributed by atoms with E-state index in [1.54, 1.807) is 17.0 Å². The number of carbonyl (C=O) groups is 2. The Bertz CT molecular complexity index is 1290. The van der Waals surface area contributed by atoms with Crippen molar-refractivity contribution in [2.24, 2.45) is 0 Å². The second-order valence-corrected chi connectivity index (χ2v) is 9.46. The predicted molar refractivity (Wildman–Crippen MR) is 148 cm³/mol. The van der Waals surface area contributed by atoms with E-state index in [2.05, 4.69) is 0 Å². The number of hydrogen-bond donors (Lipinski definition) is 1. The summed E-state index contributed by atoms with van der Waals surface area (Å²) in [5.74, 6) is -0.766. The lowest BCUT2D eigenvalue weighted by Gasteiger charge is -2.26. The number of rotatable bonds is 8. The highest BCUT2D eigenvalue weighted by molar-refractivity contribution is 6.46. The zero-order valence-electron chi connectivity index (χ0n) is 21.6. The standard InChI is InChI=1S/C30H32N2O4.ClH/c1-20-10-12-23(13-11-20)27-26(29(34)30(35)32(27)17-16-31(3)4)28(33)25-15-14-24(18-21(25)2)36-19-22-8-6-5-7-9-22;/h5-15,18,27,33H,16-17,19H2,1-4H3;1H. The summed E-state index contributed by atoms with van der Waals surface area (Å²) in [4.78, 5) is 29.8. The monoisotopic (exact) mass is 520 g/mol. The van der Waals surface area contributed by atoms with E-state index in [-0.39, 0.29) is 23.7 Å². The molecule has 1 fully saturated rings. The summed E-state index contributed by atoms with van der Waals surface area (Å²) in [6, 6.07) is 22.3. The first kappa shape index (κ1) is 28.0. The Hall–Kier alpha value is -3.61. The number of aliphatic hydroxyl groups excluding tert-OH is 1. The van der Waals surface area contributed by atoms with Gasteiger partial charge in [0.25, 0.3) is 11.7 Å². The third-order valence-corrected chi connectivity index (χ3v) is 6.42. The normalized spacial score (nSPS) is 16.7. The van der Waals surface area contributed by atoms with Crippen LogP contribution in [0.1, 0.15) is 33.9 Å². The molecule has 0 radical (unpaired) electrons. The number of benzene rings is 3. The summed E-state index contributed by atoms with van der Waals surface area (Å²) in [5.41, 5.74) is 4.29. The highest BCUT2D eigenvalue weighted by atomic mass is 35.5. The molecule has 1 unspecified atom stereocenters. The van der Waals surface area contributed by atoms with Crippen molar-refractivity contribution < 1.29 is 19.4 Å². The van der Waals surface area contributed by atoms with Crippen LogP contribution in [0.3, 0.4) is 0 Å². The van der Waals surface area contributed by atoms with E-state index in [0.717, 1.165) is 22.3 Å². The molecule has 1 aliphatic rings. The smallest absolute Gasteiger partial charge is 0.295 e. The van der Waals surface area contributed by atoms with Gasteiger partial charge in [0.05, 0.1) is 11.6 Å². The molecule has 37 heavy (non-hydrogen) atoms. The van der Waals surface area contributed by atoms with Crippen molar-refractivity contribution in [1.82, 2.24) is 9.80 Å². The number of ketones is 1. The first-order chi connectivity index (χ1) is 17.3. The van der Waals surface area contributed by atoms with Gasteiger partial charge >= 0.3 is 0 Å². The number of ether oxygens (including phenoxy) is 1. The summed E-state index contributed by atoms with van der Waals surface area (Å²) in [7, 11) is 3.84. The molecule has 3 aromatic rings. The highest BCUT2D eigenvalue weighted by Gasteiger charge is 2.46. The fourth-order valence-electron chi connectivity index (χ4n) is 4.39. The second-order valence-electron chi connectivity index (χ2n) is 9.46. The molecule has 0 spiro atoms. The highest BCUT2D eigenvalue weighted by Crippen LogP contribution is 2.40. The fourth-order valence-corrected chi connectivity index (χ4v) is 4.39.